The van der Waals surface area contributed by atoms with Crippen molar-refractivity contribution in [1.29, 1.82) is 0 Å². The van der Waals surface area contributed by atoms with Gasteiger partial charge in [0.15, 0.2) is 5.58 Å². The van der Waals surface area contributed by atoms with Gasteiger partial charge in [0.1, 0.15) is 5.52 Å². The van der Waals surface area contributed by atoms with Crippen molar-refractivity contribution in [3.8, 4) is 44.8 Å². The zero-order chi connectivity index (χ0) is 35.1. The molecule has 0 aliphatic rings. The zero-order valence-corrected chi connectivity index (χ0v) is 29.5. The first kappa shape index (κ1) is 31.0. The molecule has 0 amide bonds. The summed E-state index contributed by atoms with van der Waals surface area (Å²) < 4.78 is 8.54. The average Bonchev–Trinajstić information content (AvgIpc) is 3.84. The first-order valence-electron chi connectivity index (χ1n) is 17.8. The smallest absolute Gasteiger partial charge is 0.227 e. The lowest BCUT2D eigenvalue weighted by molar-refractivity contribution is 0.620. The van der Waals surface area contributed by atoms with Gasteiger partial charge in [-0.05, 0) is 106 Å². The van der Waals surface area contributed by atoms with Gasteiger partial charge in [-0.15, -0.1) is 11.3 Å². The van der Waals surface area contributed by atoms with Gasteiger partial charge < -0.3 is 9.32 Å². The molecule has 0 aliphatic carbocycles. The molecule has 10 rings (SSSR count). The second kappa shape index (κ2) is 13.1. The molecule has 0 aliphatic heterocycles. The quantitative estimate of drug-likeness (QED) is 0.166. The fraction of sp³-hybridized carbons (Fsp3) is 0. The van der Waals surface area contributed by atoms with E-state index in [2.05, 4.69) is 180 Å². The highest BCUT2D eigenvalue weighted by Crippen LogP contribution is 2.42. The molecule has 0 fully saturated rings. The van der Waals surface area contributed by atoms with Gasteiger partial charge in [0.25, 0.3) is 0 Å². The summed E-state index contributed by atoms with van der Waals surface area (Å²) in [5.41, 5.74) is 13.1. The Morgan fingerprint density at radius 3 is 1.53 bits per heavy atom. The van der Waals surface area contributed by atoms with E-state index < -0.39 is 0 Å². The van der Waals surface area contributed by atoms with Gasteiger partial charge in [-0.25, -0.2) is 4.98 Å². The lowest BCUT2D eigenvalue weighted by Crippen LogP contribution is -2.09. The zero-order valence-electron chi connectivity index (χ0n) is 28.7. The van der Waals surface area contributed by atoms with Crippen LogP contribution < -0.4 is 4.90 Å². The van der Waals surface area contributed by atoms with E-state index in [1.54, 1.807) is 0 Å². The molecule has 250 valence electrons. The number of hydrogen-bond acceptors (Lipinski definition) is 4. The molecular weight excluding hydrogens is 665 g/mol. The number of benzene rings is 8. The summed E-state index contributed by atoms with van der Waals surface area (Å²) in [5, 5.41) is 2.52. The SMILES string of the molecule is c1ccc(-c2ccc(N(c3ccc(-c4ccccc4)cc3)c3ccc4sc5cc(-c6ccc(-c7nc8ccccc8o7)cc6)ccc5c4c3)cc2)cc1. The average molecular weight is 697 g/mol. The third kappa shape index (κ3) is 5.85. The van der Waals surface area contributed by atoms with Gasteiger partial charge in [0.2, 0.25) is 5.89 Å². The highest BCUT2D eigenvalue weighted by molar-refractivity contribution is 7.25. The first-order valence-corrected chi connectivity index (χ1v) is 18.6. The van der Waals surface area contributed by atoms with Crippen LogP contribution >= 0.6 is 11.3 Å². The summed E-state index contributed by atoms with van der Waals surface area (Å²) >= 11 is 1.84. The van der Waals surface area contributed by atoms with Crippen molar-refractivity contribution in [3.05, 3.63) is 194 Å². The minimum Gasteiger partial charge on any atom is -0.436 e. The van der Waals surface area contributed by atoms with Crippen LogP contribution in [0.5, 0.6) is 0 Å². The van der Waals surface area contributed by atoms with E-state index in [9.17, 15) is 0 Å². The largest absolute Gasteiger partial charge is 0.436 e. The summed E-state index contributed by atoms with van der Waals surface area (Å²) in [5.74, 6) is 0.641. The fourth-order valence-corrected chi connectivity index (χ4v) is 8.32. The van der Waals surface area contributed by atoms with Gasteiger partial charge in [-0.2, -0.15) is 0 Å². The third-order valence-corrected chi connectivity index (χ3v) is 11.1. The highest BCUT2D eigenvalue weighted by Gasteiger charge is 2.16. The molecule has 2 heterocycles. The van der Waals surface area contributed by atoms with Crippen molar-refractivity contribution in [2.75, 3.05) is 4.90 Å². The van der Waals surface area contributed by atoms with E-state index >= 15 is 0 Å². The Kier molecular flexibility index (Phi) is 7.67. The number of hydrogen-bond donors (Lipinski definition) is 0. The van der Waals surface area contributed by atoms with Crippen LogP contribution in [0.2, 0.25) is 0 Å². The van der Waals surface area contributed by atoms with E-state index in [0.29, 0.717) is 5.89 Å². The first-order chi connectivity index (χ1) is 26.2. The molecule has 10 aromatic rings. The number of anilines is 3. The van der Waals surface area contributed by atoms with Crippen molar-refractivity contribution >= 4 is 59.7 Å². The van der Waals surface area contributed by atoms with Crippen LogP contribution in [0.25, 0.3) is 76.1 Å². The Balaban J connectivity index is 1.01. The summed E-state index contributed by atoms with van der Waals surface area (Å²) in [7, 11) is 0. The Morgan fingerprint density at radius 1 is 0.377 bits per heavy atom. The minimum atomic E-state index is 0.641. The van der Waals surface area contributed by atoms with E-state index in [1.165, 1.54) is 48.0 Å². The molecular formula is C49H32N2OS. The van der Waals surface area contributed by atoms with Gasteiger partial charge in [0.05, 0.1) is 0 Å². The van der Waals surface area contributed by atoms with Crippen LogP contribution in [0.3, 0.4) is 0 Å². The van der Waals surface area contributed by atoms with Crippen molar-refractivity contribution in [3.63, 3.8) is 0 Å². The maximum atomic E-state index is 6.01. The molecule has 3 nitrogen and oxygen atoms in total. The number of oxazole rings is 1. The molecule has 0 spiro atoms. The second-order valence-corrected chi connectivity index (χ2v) is 14.3. The van der Waals surface area contributed by atoms with Crippen molar-refractivity contribution in [1.82, 2.24) is 4.98 Å². The monoisotopic (exact) mass is 696 g/mol. The van der Waals surface area contributed by atoms with E-state index in [4.69, 9.17) is 4.42 Å². The predicted octanol–water partition coefficient (Wildman–Crippen LogP) is 14.3. The van der Waals surface area contributed by atoms with Gasteiger partial charge in [-0.3, -0.25) is 0 Å². The Bertz CT molecular complexity index is 2740. The maximum absolute atomic E-state index is 6.01. The topological polar surface area (TPSA) is 29.3 Å². The second-order valence-electron chi connectivity index (χ2n) is 13.2. The van der Waals surface area contributed by atoms with Crippen LogP contribution in [0.4, 0.5) is 17.1 Å². The molecule has 2 aromatic heterocycles. The molecule has 0 N–H and O–H groups in total. The summed E-state index contributed by atoms with van der Waals surface area (Å²) in [4.78, 5) is 7.03. The molecule has 0 radical (unpaired) electrons. The number of fused-ring (bicyclic) bond motifs is 4. The molecule has 0 saturated heterocycles. The minimum absolute atomic E-state index is 0.641. The highest BCUT2D eigenvalue weighted by atomic mass is 32.1. The van der Waals surface area contributed by atoms with Crippen LogP contribution in [-0.2, 0) is 0 Å². The van der Waals surface area contributed by atoms with Crippen molar-refractivity contribution < 1.29 is 4.42 Å². The Labute approximate surface area is 311 Å². The van der Waals surface area contributed by atoms with E-state index in [0.717, 1.165) is 39.3 Å². The maximum Gasteiger partial charge on any atom is 0.227 e. The standard InChI is InChI=1S/C49H32N2OS/c1-3-9-33(10-4-1)35-19-24-40(25-20-35)51(41-26-21-36(22-27-41)34-11-5-2-6-12-34)42-28-30-47-44(32-42)43-29-23-39(31-48(43)53-47)37-15-17-38(18-16-37)49-50-45-13-7-8-14-46(45)52-49/h1-32H. The summed E-state index contributed by atoms with van der Waals surface area (Å²) in [6, 6.07) is 68.9. The van der Waals surface area contributed by atoms with Gasteiger partial charge >= 0.3 is 0 Å². The third-order valence-electron chi connectivity index (χ3n) is 9.94. The number of rotatable bonds is 7. The van der Waals surface area contributed by atoms with Crippen molar-refractivity contribution in [2.45, 2.75) is 0 Å². The lowest BCUT2D eigenvalue weighted by atomic mass is 10.0. The number of thiophene rings is 1. The number of para-hydroxylation sites is 2. The van der Waals surface area contributed by atoms with E-state index in [1.807, 2.05) is 35.6 Å². The molecule has 0 bridgehead atoms. The summed E-state index contributed by atoms with van der Waals surface area (Å²) in [6.45, 7) is 0. The lowest BCUT2D eigenvalue weighted by Gasteiger charge is -2.26. The van der Waals surface area contributed by atoms with Gasteiger partial charge in [0, 0.05) is 42.8 Å². The number of nitrogens with zero attached hydrogens (tertiary/aromatic N) is 2. The molecule has 0 unspecified atom stereocenters. The van der Waals surface area contributed by atoms with Crippen LogP contribution in [0.15, 0.2) is 199 Å². The fourth-order valence-electron chi connectivity index (χ4n) is 7.20. The Hall–Kier alpha value is -6.75. The van der Waals surface area contributed by atoms with Gasteiger partial charge in [-0.1, -0.05) is 121 Å². The predicted molar refractivity (Wildman–Crippen MR) is 223 cm³/mol. The van der Waals surface area contributed by atoms with Crippen molar-refractivity contribution in [2.24, 2.45) is 0 Å². The Morgan fingerprint density at radius 2 is 0.887 bits per heavy atom. The van der Waals surface area contributed by atoms with E-state index in [-0.39, 0.29) is 0 Å². The number of aromatic nitrogens is 1. The van der Waals surface area contributed by atoms with Crippen LogP contribution in [0.1, 0.15) is 0 Å². The summed E-state index contributed by atoms with van der Waals surface area (Å²) in [6.07, 6.45) is 0. The van der Waals surface area contributed by atoms with Crippen LogP contribution in [0, 0.1) is 0 Å². The molecule has 53 heavy (non-hydrogen) atoms. The molecule has 4 heteroatoms. The normalized spacial score (nSPS) is 11.4. The van der Waals surface area contributed by atoms with Crippen LogP contribution in [-0.4, -0.2) is 4.98 Å². The molecule has 0 saturated carbocycles. The molecule has 0 atom stereocenters. The molecule has 8 aromatic carbocycles.